The molecule has 0 fully saturated rings. The van der Waals surface area contributed by atoms with Crippen molar-refractivity contribution in [3.05, 3.63) is 70.2 Å². The Bertz CT molecular complexity index is 1000. The summed E-state index contributed by atoms with van der Waals surface area (Å²) in [4.78, 5) is 36.8. The average Bonchev–Trinajstić information content (AvgIpc) is 2.78. The van der Waals surface area contributed by atoms with Crippen LogP contribution in [-0.2, 0) is 28.5 Å². The molecule has 1 unspecified atom stereocenters. The molecule has 0 radical (unpaired) electrons. The predicted molar refractivity (Wildman–Crippen MR) is 117 cm³/mol. The maximum Gasteiger partial charge on any atom is 0.509 e. The third-order valence-electron chi connectivity index (χ3n) is 4.22. The first-order valence-corrected chi connectivity index (χ1v) is 10.2. The molecular weight excluding hydrogens is 436 g/mol. The first-order chi connectivity index (χ1) is 15.4. The molecule has 2 rings (SSSR count). The molecule has 0 aliphatic heterocycles. The number of hydrogen-bond donors (Lipinski definition) is 0. The van der Waals surface area contributed by atoms with Crippen LogP contribution in [0.25, 0.3) is 0 Å². The smallest absolute Gasteiger partial charge is 0.465 e. The highest BCUT2D eigenvalue weighted by Crippen LogP contribution is 2.27. The van der Waals surface area contributed by atoms with Crippen LogP contribution in [0.4, 0.5) is 4.79 Å². The largest absolute Gasteiger partial charge is 0.509 e. The molecule has 8 heteroatoms. The van der Waals surface area contributed by atoms with Crippen molar-refractivity contribution in [3.63, 3.8) is 0 Å². The number of ether oxygens (including phenoxy) is 4. The summed E-state index contributed by atoms with van der Waals surface area (Å²) in [6.45, 7) is 3.49. The van der Waals surface area contributed by atoms with Gasteiger partial charge < -0.3 is 18.9 Å². The van der Waals surface area contributed by atoms with E-state index < -0.39 is 30.1 Å². The zero-order valence-electron chi connectivity index (χ0n) is 17.9. The minimum absolute atomic E-state index is 0.101. The molecule has 2 aromatic carbocycles. The van der Waals surface area contributed by atoms with Gasteiger partial charge in [0.05, 0.1) is 20.3 Å². The molecule has 0 N–H and O–H groups in total. The molecule has 2 aromatic rings. The van der Waals surface area contributed by atoms with Crippen LogP contribution < -0.4 is 0 Å². The van der Waals surface area contributed by atoms with Crippen molar-refractivity contribution in [2.45, 2.75) is 25.9 Å². The highest BCUT2D eigenvalue weighted by molar-refractivity contribution is 6.31. The second-order valence-electron chi connectivity index (χ2n) is 6.27. The number of carbonyl (C=O) groups is 3. The Morgan fingerprint density at radius 1 is 0.906 bits per heavy atom. The van der Waals surface area contributed by atoms with Crippen molar-refractivity contribution in [2.75, 3.05) is 20.3 Å². The molecule has 1 atom stereocenters. The lowest BCUT2D eigenvalue weighted by Crippen LogP contribution is -2.27. The van der Waals surface area contributed by atoms with E-state index in [4.69, 9.17) is 25.8 Å². The first-order valence-electron chi connectivity index (χ1n) is 9.85. The normalized spacial score (nSPS) is 11.0. The number of carbonyl (C=O) groups excluding carboxylic acids is 3. The highest BCUT2D eigenvalue weighted by Gasteiger charge is 2.33. The van der Waals surface area contributed by atoms with E-state index in [1.807, 2.05) is 0 Å². The summed E-state index contributed by atoms with van der Waals surface area (Å²) in [5, 5.41) is 0.347. The van der Waals surface area contributed by atoms with Crippen LogP contribution in [0.2, 0.25) is 5.02 Å². The molecule has 0 spiro atoms. The number of halogens is 1. The van der Waals surface area contributed by atoms with Gasteiger partial charge >= 0.3 is 18.1 Å². The van der Waals surface area contributed by atoms with Crippen molar-refractivity contribution >= 4 is 29.7 Å². The average molecular weight is 459 g/mol. The van der Waals surface area contributed by atoms with Gasteiger partial charge in [0.25, 0.3) is 0 Å². The van der Waals surface area contributed by atoms with E-state index in [1.54, 1.807) is 62.4 Å². The number of esters is 2. The van der Waals surface area contributed by atoms with Gasteiger partial charge in [-0.15, -0.1) is 0 Å². The summed E-state index contributed by atoms with van der Waals surface area (Å²) in [5.41, 5.74) is 1.13. The van der Waals surface area contributed by atoms with Gasteiger partial charge in [-0.1, -0.05) is 53.9 Å². The lowest BCUT2D eigenvalue weighted by Gasteiger charge is -2.16. The van der Waals surface area contributed by atoms with Crippen LogP contribution in [0, 0.1) is 11.8 Å². The Balaban J connectivity index is 2.52. The van der Waals surface area contributed by atoms with Crippen LogP contribution >= 0.6 is 11.6 Å². The zero-order valence-corrected chi connectivity index (χ0v) is 18.7. The number of benzene rings is 2. The second-order valence-corrected chi connectivity index (χ2v) is 6.67. The predicted octanol–water partition coefficient (Wildman–Crippen LogP) is 4.43. The van der Waals surface area contributed by atoms with Gasteiger partial charge in [-0.25, -0.2) is 4.79 Å². The van der Waals surface area contributed by atoms with Crippen molar-refractivity contribution in [2.24, 2.45) is 0 Å². The fraction of sp³-hybridized carbons (Fsp3) is 0.292. The summed E-state index contributed by atoms with van der Waals surface area (Å²) in [7, 11) is 1.18. The first kappa shape index (κ1) is 24.8. The van der Waals surface area contributed by atoms with Gasteiger partial charge in [0.1, 0.15) is 0 Å². The second kappa shape index (κ2) is 12.4. The Labute approximate surface area is 191 Å². The maximum atomic E-state index is 12.5. The van der Waals surface area contributed by atoms with E-state index in [-0.39, 0.29) is 13.2 Å². The van der Waals surface area contributed by atoms with Crippen molar-refractivity contribution in [1.82, 2.24) is 0 Å². The molecular formula is C24H23ClO7. The van der Waals surface area contributed by atoms with E-state index >= 15 is 0 Å². The molecule has 7 nitrogen and oxygen atoms in total. The van der Waals surface area contributed by atoms with E-state index in [0.29, 0.717) is 21.7 Å². The highest BCUT2D eigenvalue weighted by atomic mass is 35.5. The molecule has 0 bridgehead atoms. The molecule has 0 aliphatic rings. The van der Waals surface area contributed by atoms with Gasteiger partial charge in [-0.05, 0) is 37.5 Å². The molecule has 168 valence electrons. The third-order valence-corrected chi connectivity index (χ3v) is 4.57. The quantitative estimate of drug-likeness (QED) is 0.262. The van der Waals surface area contributed by atoms with E-state index in [9.17, 15) is 14.4 Å². The Hall–Kier alpha value is -3.50. The molecule has 0 saturated heterocycles. The number of methoxy groups -OCH3 is 1. The van der Waals surface area contributed by atoms with Crippen LogP contribution in [0.1, 0.15) is 42.6 Å². The number of rotatable bonds is 7. The third kappa shape index (κ3) is 6.50. The van der Waals surface area contributed by atoms with E-state index in [1.165, 1.54) is 7.11 Å². The van der Waals surface area contributed by atoms with E-state index in [2.05, 4.69) is 16.6 Å². The van der Waals surface area contributed by atoms with Gasteiger partial charge in [0, 0.05) is 16.1 Å². The van der Waals surface area contributed by atoms with Crippen LogP contribution in [0.5, 0.6) is 0 Å². The standard InChI is InChI=1S/C24H23ClO7/c1-4-30-22(26)21(23(27)31-5-2)17-11-7-6-10-16(17)14-15-20(32-24(28)29-3)18-12-8-9-13-19(18)25/h6-13,20-21H,4-5H2,1-3H3. The molecule has 0 aromatic heterocycles. The van der Waals surface area contributed by atoms with Crippen molar-refractivity contribution in [3.8, 4) is 11.8 Å². The SMILES string of the molecule is CCOC(=O)C(C(=O)OCC)c1ccccc1C#CC(OC(=O)OC)c1ccccc1Cl. The van der Waals surface area contributed by atoms with Crippen LogP contribution in [0.15, 0.2) is 48.5 Å². The molecule has 0 saturated carbocycles. The lowest BCUT2D eigenvalue weighted by atomic mass is 9.94. The van der Waals surface area contributed by atoms with E-state index in [0.717, 1.165) is 0 Å². The van der Waals surface area contributed by atoms with Gasteiger partial charge in [-0.2, -0.15) is 0 Å². The van der Waals surface area contributed by atoms with Gasteiger partial charge in [-0.3, -0.25) is 9.59 Å². The monoisotopic (exact) mass is 458 g/mol. The summed E-state index contributed by atoms with van der Waals surface area (Å²) < 4.78 is 20.0. The summed E-state index contributed by atoms with van der Waals surface area (Å²) >= 11 is 6.24. The zero-order chi connectivity index (χ0) is 23.5. The van der Waals surface area contributed by atoms with Crippen LogP contribution in [0.3, 0.4) is 0 Å². The topological polar surface area (TPSA) is 88.1 Å². The van der Waals surface area contributed by atoms with Crippen LogP contribution in [-0.4, -0.2) is 38.4 Å². The Morgan fingerprint density at radius 2 is 1.47 bits per heavy atom. The molecule has 0 aliphatic carbocycles. The summed E-state index contributed by atoms with van der Waals surface area (Å²) in [6.07, 6.45) is -1.98. The van der Waals surface area contributed by atoms with Crippen molar-refractivity contribution < 1.29 is 33.3 Å². The minimum atomic E-state index is -1.30. The summed E-state index contributed by atoms with van der Waals surface area (Å²) in [5.74, 6) is 2.93. The van der Waals surface area contributed by atoms with Gasteiger partial charge in [0.2, 0.25) is 0 Å². The lowest BCUT2D eigenvalue weighted by molar-refractivity contribution is -0.156. The molecule has 32 heavy (non-hydrogen) atoms. The minimum Gasteiger partial charge on any atom is -0.465 e. The fourth-order valence-corrected chi connectivity index (χ4v) is 3.04. The summed E-state index contributed by atoms with van der Waals surface area (Å²) in [6, 6.07) is 13.3. The Kier molecular flexibility index (Phi) is 9.58. The molecule has 0 amide bonds. The maximum absolute atomic E-state index is 12.5. The van der Waals surface area contributed by atoms with Crippen molar-refractivity contribution in [1.29, 1.82) is 0 Å². The van der Waals surface area contributed by atoms with Gasteiger partial charge in [0.15, 0.2) is 12.0 Å². The number of hydrogen-bond acceptors (Lipinski definition) is 7. The molecule has 0 heterocycles. The Morgan fingerprint density at radius 3 is 2.03 bits per heavy atom. The fourth-order valence-electron chi connectivity index (χ4n) is 2.81.